The fourth-order valence-corrected chi connectivity index (χ4v) is 9.73. The van der Waals surface area contributed by atoms with Gasteiger partial charge in [0.25, 0.3) is 0 Å². The molecular weight excluding hydrogens is 296 g/mol. The first kappa shape index (κ1) is 17.4. The van der Waals surface area contributed by atoms with Crippen LogP contribution in [-0.4, -0.2) is 37.8 Å². The fraction of sp³-hybridized carbons (Fsp3) is 0.800. The van der Waals surface area contributed by atoms with Crippen molar-refractivity contribution in [3.8, 4) is 0 Å². The van der Waals surface area contributed by atoms with Crippen LogP contribution in [0.3, 0.4) is 0 Å². The van der Waals surface area contributed by atoms with Crippen molar-refractivity contribution in [3.05, 3.63) is 24.3 Å². The van der Waals surface area contributed by atoms with E-state index in [-0.39, 0.29) is 5.54 Å². The Balaban J connectivity index is 1.81. The van der Waals surface area contributed by atoms with Gasteiger partial charge >= 0.3 is 0 Å². The van der Waals surface area contributed by atoms with Crippen molar-refractivity contribution >= 4 is 8.24 Å². The quantitative estimate of drug-likeness (QED) is 0.762. The van der Waals surface area contributed by atoms with Crippen LogP contribution >= 0.6 is 0 Å². The minimum atomic E-state index is -1.48. The maximum absolute atomic E-state index is 4.06. The van der Waals surface area contributed by atoms with Gasteiger partial charge in [0.2, 0.25) is 0 Å². The van der Waals surface area contributed by atoms with Gasteiger partial charge in [-0.15, -0.1) is 0 Å². The fourth-order valence-electron chi connectivity index (χ4n) is 5.48. The van der Waals surface area contributed by atoms with E-state index in [1.807, 2.05) is 0 Å². The smallest absolute Gasteiger partial charge is 0.123 e. The molecule has 130 valence electrons. The number of fused-ring (bicyclic) bond motifs is 1. The summed E-state index contributed by atoms with van der Waals surface area (Å²) in [7, 11) is -1.48. The Bertz CT molecular complexity index is 469. The standard InChI is InChI=1S/C20H36N2Si/c1-20(2,3)21-23(4,5)19-15-18(22-13-9-6-10-14-22)16-11-7-8-12-17(16)19/h7-8,11-12,16-19,21H,6,9-10,13-15H2,1-5H3. The number of hydrogen-bond acceptors (Lipinski definition) is 2. The third kappa shape index (κ3) is 3.83. The van der Waals surface area contributed by atoms with Gasteiger partial charge in [-0.1, -0.05) is 43.8 Å². The molecule has 0 spiro atoms. The van der Waals surface area contributed by atoms with E-state index in [0.29, 0.717) is 0 Å². The molecule has 1 heterocycles. The molecule has 1 aliphatic heterocycles. The summed E-state index contributed by atoms with van der Waals surface area (Å²) in [6, 6.07) is 0.778. The molecule has 2 aliphatic carbocycles. The first-order chi connectivity index (χ1) is 10.8. The van der Waals surface area contributed by atoms with Gasteiger partial charge < -0.3 is 4.98 Å². The molecule has 0 amide bonds. The number of hydrogen-bond donors (Lipinski definition) is 1. The largest absolute Gasteiger partial charge is 0.332 e. The lowest BCUT2D eigenvalue weighted by Crippen LogP contribution is -2.57. The van der Waals surface area contributed by atoms with Crippen LogP contribution in [0, 0.1) is 11.8 Å². The van der Waals surface area contributed by atoms with Crippen LogP contribution in [0.2, 0.25) is 18.6 Å². The lowest BCUT2D eigenvalue weighted by atomic mass is 9.88. The molecule has 0 radical (unpaired) electrons. The van der Waals surface area contributed by atoms with Crippen molar-refractivity contribution in [2.45, 2.75) is 76.7 Å². The highest BCUT2D eigenvalue weighted by Crippen LogP contribution is 2.51. The van der Waals surface area contributed by atoms with E-state index in [2.05, 4.69) is 68.1 Å². The predicted molar refractivity (Wildman–Crippen MR) is 103 cm³/mol. The molecule has 2 nitrogen and oxygen atoms in total. The van der Waals surface area contributed by atoms with Crippen molar-refractivity contribution in [2.24, 2.45) is 11.8 Å². The van der Waals surface area contributed by atoms with Gasteiger partial charge in [-0.2, -0.15) is 0 Å². The Hall–Kier alpha value is -0.383. The first-order valence-corrected chi connectivity index (χ1v) is 12.7. The number of likely N-dealkylation sites (tertiary alicyclic amines) is 1. The first-order valence-electron chi connectivity index (χ1n) is 9.66. The maximum atomic E-state index is 4.06. The molecule has 0 aromatic carbocycles. The van der Waals surface area contributed by atoms with Crippen molar-refractivity contribution in [1.29, 1.82) is 0 Å². The Morgan fingerprint density at radius 1 is 0.957 bits per heavy atom. The second kappa shape index (κ2) is 6.49. The lowest BCUT2D eigenvalue weighted by Gasteiger charge is -2.40. The molecule has 0 aromatic rings. The summed E-state index contributed by atoms with van der Waals surface area (Å²) in [6.45, 7) is 14.8. The number of nitrogens with one attached hydrogen (secondary N) is 1. The SMILES string of the molecule is CC(C)(C)N[Si](C)(C)C1CC(N2CCCCC2)C2C=CC=CC21. The molecule has 0 aromatic heterocycles. The molecule has 3 aliphatic rings. The van der Waals surface area contributed by atoms with E-state index in [1.165, 1.54) is 38.8 Å². The van der Waals surface area contributed by atoms with Crippen molar-refractivity contribution in [3.63, 3.8) is 0 Å². The summed E-state index contributed by atoms with van der Waals surface area (Å²) in [4.78, 5) is 6.88. The summed E-state index contributed by atoms with van der Waals surface area (Å²) < 4.78 is 0. The highest BCUT2D eigenvalue weighted by atomic mass is 28.3. The van der Waals surface area contributed by atoms with Gasteiger partial charge in [-0.3, -0.25) is 4.90 Å². The third-order valence-electron chi connectivity index (χ3n) is 6.11. The van der Waals surface area contributed by atoms with E-state index in [4.69, 9.17) is 0 Å². The Morgan fingerprint density at radius 2 is 1.57 bits per heavy atom. The number of allylic oxidation sites excluding steroid dienone is 3. The van der Waals surface area contributed by atoms with E-state index in [0.717, 1.165) is 23.4 Å². The van der Waals surface area contributed by atoms with Crippen molar-refractivity contribution in [2.75, 3.05) is 13.1 Å². The van der Waals surface area contributed by atoms with Gasteiger partial charge in [0.15, 0.2) is 0 Å². The molecule has 4 unspecified atom stereocenters. The second-order valence-electron chi connectivity index (χ2n) is 9.53. The molecule has 1 saturated heterocycles. The van der Waals surface area contributed by atoms with E-state index in [1.54, 1.807) is 0 Å². The van der Waals surface area contributed by atoms with E-state index < -0.39 is 8.24 Å². The van der Waals surface area contributed by atoms with E-state index in [9.17, 15) is 0 Å². The van der Waals surface area contributed by atoms with Gasteiger partial charge in [-0.05, 0) is 70.5 Å². The van der Waals surface area contributed by atoms with Crippen LogP contribution in [0.15, 0.2) is 24.3 Å². The zero-order valence-corrected chi connectivity index (χ0v) is 16.8. The molecular formula is C20H36N2Si. The Morgan fingerprint density at radius 3 is 2.17 bits per heavy atom. The summed E-state index contributed by atoms with van der Waals surface area (Å²) in [5, 5.41) is 0. The van der Waals surface area contributed by atoms with Crippen molar-refractivity contribution in [1.82, 2.24) is 9.88 Å². The molecule has 2 fully saturated rings. The highest BCUT2D eigenvalue weighted by molar-refractivity contribution is 6.76. The van der Waals surface area contributed by atoms with Crippen molar-refractivity contribution < 1.29 is 0 Å². The van der Waals surface area contributed by atoms with Gasteiger partial charge in [0.1, 0.15) is 8.24 Å². The molecule has 23 heavy (non-hydrogen) atoms. The molecule has 3 rings (SSSR count). The third-order valence-corrected chi connectivity index (χ3v) is 9.98. The molecule has 1 saturated carbocycles. The Labute approximate surface area is 144 Å². The normalized spacial score (nSPS) is 35.5. The average Bonchev–Trinajstić information content (AvgIpc) is 2.86. The van der Waals surface area contributed by atoms with Crippen LogP contribution in [-0.2, 0) is 0 Å². The summed E-state index contributed by atoms with van der Waals surface area (Å²) >= 11 is 0. The zero-order chi connectivity index (χ0) is 16.7. The number of nitrogens with zero attached hydrogens (tertiary/aromatic N) is 1. The van der Waals surface area contributed by atoms with Crippen LogP contribution in [0.4, 0.5) is 0 Å². The minimum Gasteiger partial charge on any atom is -0.332 e. The molecule has 4 atom stereocenters. The monoisotopic (exact) mass is 332 g/mol. The summed E-state index contributed by atoms with van der Waals surface area (Å²) in [5.74, 6) is 1.50. The number of piperidine rings is 1. The van der Waals surface area contributed by atoms with Crippen LogP contribution < -0.4 is 4.98 Å². The summed E-state index contributed by atoms with van der Waals surface area (Å²) in [6.07, 6.45) is 15.3. The van der Waals surface area contributed by atoms with E-state index >= 15 is 0 Å². The van der Waals surface area contributed by atoms with Gasteiger partial charge in [0.05, 0.1) is 0 Å². The van der Waals surface area contributed by atoms with Crippen LogP contribution in [0.1, 0.15) is 46.5 Å². The lowest BCUT2D eigenvalue weighted by molar-refractivity contribution is 0.142. The average molecular weight is 333 g/mol. The zero-order valence-electron chi connectivity index (χ0n) is 15.8. The summed E-state index contributed by atoms with van der Waals surface area (Å²) in [5.41, 5.74) is 1.07. The van der Waals surface area contributed by atoms with Gasteiger partial charge in [0, 0.05) is 11.6 Å². The predicted octanol–water partition coefficient (Wildman–Crippen LogP) is 4.57. The van der Waals surface area contributed by atoms with Crippen LogP contribution in [0.5, 0.6) is 0 Å². The molecule has 3 heteroatoms. The number of rotatable bonds is 3. The van der Waals surface area contributed by atoms with Gasteiger partial charge in [-0.25, -0.2) is 0 Å². The van der Waals surface area contributed by atoms with Crippen LogP contribution in [0.25, 0.3) is 0 Å². The highest BCUT2D eigenvalue weighted by Gasteiger charge is 2.50. The minimum absolute atomic E-state index is 0.225. The maximum Gasteiger partial charge on any atom is 0.123 e. The Kier molecular flexibility index (Phi) is 4.92. The second-order valence-corrected chi connectivity index (χ2v) is 14.0. The topological polar surface area (TPSA) is 15.3 Å². The molecule has 0 bridgehead atoms. The molecule has 1 N–H and O–H groups in total.